The molecule has 1 N–H and O–H groups in total. The molecule has 0 bridgehead atoms. The fourth-order valence-electron chi connectivity index (χ4n) is 4.80. The Morgan fingerprint density at radius 1 is 0.867 bits per heavy atom. The molecule has 4 heterocycles. The van der Waals surface area contributed by atoms with Crippen molar-refractivity contribution in [2.24, 2.45) is 5.92 Å². The number of nitrogens with zero attached hydrogens (tertiary/aromatic N) is 3. The molecule has 8 nitrogen and oxygen atoms in total. The monoisotopic (exact) mass is 436 g/mol. The Morgan fingerprint density at radius 3 is 2.20 bits per heavy atom. The van der Waals surface area contributed by atoms with Gasteiger partial charge in [0.05, 0.1) is 5.92 Å². The maximum atomic E-state index is 13.2. The molecule has 0 radical (unpaired) electrons. The minimum absolute atomic E-state index is 0.0819. The topological polar surface area (TPSA) is 93.8 Å². The molecule has 3 aliphatic heterocycles. The normalized spacial score (nSPS) is 24.1. The van der Waals surface area contributed by atoms with E-state index in [9.17, 15) is 18.0 Å². The lowest BCUT2D eigenvalue weighted by Gasteiger charge is -2.33. The van der Waals surface area contributed by atoms with Gasteiger partial charge < -0.3 is 14.8 Å². The molecule has 4 rings (SSSR count). The van der Waals surface area contributed by atoms with Gasteiger partial charge in [0.2, 0.25) is 15.9 Å². The van der Waals surface area contributed by atoms with Gasteiger partial charge in [0.1, 0.15) is 10.6 Å². The number of H-pyrrole nitrogens is 1. The van der Waals surface area contributed by atoms with Crippen LogP contribution in [0.25, 0.3) is 0 Å². The highest BCUT2D eigenvalue weighted by atomic mass is 32.2. The van der Waals surface area contributed by atoms with Crippen molar-refractivity contribution in [1.82, 2.24) is 19.1 Å². The summed E-state index contributed by atoms with van der Waals surface area (Å²) in [6.45, 7) is 3.62. The van der Waals surface area contributed by atoms with Gasteiger partial charge in [-0.1, -0.05) is 12.8 Å². The Bertz CT molecular complexity index is 867. The molecule has 0 aromatic carbocycles. The third-order valence-corrected chi connectivity index (χ3v) is 8.41. The maximum absolute atomic E-state index is 13.2. The van der Waals surface area contributed by atoms with Crippen molar-refractivity contribution < 1.29 is 18.0 Å². The molecule has 0 unspecified atom stereocenters. The standard InChI is InChI=1S/C21H32N4O4S/c26-20(23-11-5-6-12-23)17-8-7-13-25(16-17)30(28,29)18-14-19(22-15-18)21(27)24-9-3-1-2-4-10-24/h14-15,17,22H,1-13,16H2/t17-/m1/s1. The number of hydrogen-bond donors (Lipinski definition) is 1. The van der Waals surface area contributed by atoms with Crippen LogP contribution in [-0.2, 0) is 14.8 Å². The van der Waals surface area contributed by atoms with Crippen LogP contribution in [0.15, 0.2) is 17.2 Å². The second-order valence-electron chi connectivity index (χ2n) is 8.69. The summed E-state index contributed by atoms with van der Waals surface area (Å²) in [6.07, 6.45) is 9.08. The number of carbonyl (C=O) groups is 2. The largest absolute Gasteiger partial charge is 0.356 e. The van der Waals surface area contributed by atoms with Crippen molar-refractivity contribution in [3.63, 3.8) is 0 Å². The van der Waals surface area contributed by atoms with Crippen molar-refractivity contribution in [2.75, 3.05) is 39.3 Å². The Labute approximate surface area is 178 Å². The molecular formula is C21H32N4O4S. The van der Waals surface area contributed by atoms with E-state index in [-0.39, 0.29) is 29.2 Å². The first kappa shape index (κ1) is 21.4. The smallest absolute Gasteiger partial charge is 0.270 e. The summed E-state index contributed by atoms with van der Waals surface area (Å²) in [6, 6.07) is 1.45. The van der Waals surface area contributed by atoms with Crippen LogP contribution in [0.4, 0.5) is 0 Å². The molecule has 2 amide bonds. The van der Waals surface area contributed by atoms with Crippen LogP contribution in [-0.4, -0.2) is 78.6 Å². The highest BCUT2D eigenvalue weighted by Gasteiger charge is 2.36. The van der Waals surface area contributed by atoms with Gasteiger partial charge in [0, 0.05) is 45.5 Å². The molecule has 1 aromatic heterocycles. The zero-order chi connectivity index (χ0) is 21.1. The van der Waals surface area contributed by atoms with E-state index in [0.29, 0.717) is 31.7 Å². The third kappa shape index (κ3) is 4.42. The maximum Gasteiger partial charge on any atom is 0.270 e. The number of likely N-dealkylation sites (tertiary alicyclic amines) is 2. The first-order valence-corrected chi connectivity index (χ1v) is 12.7. The Morgan fingerprint density at radius 2 is 1.50 bits per heavy atom. The average molecular weight is 437 g/mol. The summed E-state index contributed by atoms with van der Waals surface area (Å²) < 4.78 is 27.8. The Hall–Kier alpha value is -1.87. The molecule has 9 heteroatoms. The number of rotatable bonds is 4. The molecular weight excluding hydrogens is 404 g/mol. The highest BCUT2D eigenvalue weighted by Crippen LogP contribution is 2.27. The number of nitrogens with one attached hydrogen (secondary N) is 1. The minimum Gasteiger partial charge on any atom is -0.356 e. The molecule has 1 atom stereocenters. The lowest BCUT2D eigenvalue weighted by Crippen LogP contribution is -2.46. The lowest BCUT2D eigenvalue weighted by molar-refractivity contribution is -0.135. The van der Waals surface area contributed by atoms with Gasteiger partial charge in [-0.15, -0.1) is 0 Å². The summed E-state index contributed by atoms with van der Waals surface area (Å²) in [7, 11) is -3.74. The molecule has 30 heavy (non-hydrogen) atoms. The number of amides is 2. The van der Waals surface area contributed by atoms with Crippen molar-refractivity contribution >= 4 is 21.8 Å². The molecule has 0 saturated carbocycles. The first-order chi connectivity index (χ1) is 14.5. The molecule has 1 aromatic rings. The molecule has 166 valence electrons. The minimum atomic E-state index is -3.74. The molecule has 0 spiro atoms. The lowest BCUT2D eigenvalue weighted by atomic mass is 9.98. The first-order valence-electron chi connectivity index (χ1n) is 11.2. The van der Waals surface area contributed by atoms with Crippen molar-refractivity contribution in [3.8, 4) is 0 Å². The average Bonchev–Trinajstić information content (AvgIpc) is 3.41. The molecule has 0 aliphatic carbocycles. The van der Waals surface area contributed by atoms with E-state index < -0.39 is 10.0 Å². The fraction of sp³-hybridized carbons (Fsp3) is 0.714. The van der Waals surface area contributed by atoms with Gasteiger partial charge >= 0.3 is 0 Å². The third-order valence-electron chi connectivity index (χ3n) is 6.57. The number of piperidine rings is 1. The van der Waals surface area contributed by atoms with Crippen molar-refractivity contribution in [2.45, 2.75) is 56.3 Å². The van der Waals surface area contributed by atoms with Crippen LogP contribution in [0, 0.1) is 5.92 Å². The summed E-state index contributed by atoms with van der Waals surface area (Å²) in [4.78, 5) is 32.2. The van der Waals surface area contributed by atoms with Crippen molar-refractivity contribution in [1.29, 1.82) is 0 Å². The van der Waals surface area contributed by atoms with E-state index in [1.54, 1.807) is 4.90 Å². The van der Waals surface area contributed by atoms with Crippen LogP contribution in [0.2, 0.25) is 0 Å². The molecule has 3 aliphatic rings. The number of carbonyl (C=O) groups excluding carboxylic acids is 2. The zero-order valence-electron chi connectivity index (χ0n) is 17.5. The van der Waals surface area contributed by atoms with Crippen LogP contribution in [0.1, 0.15) is 61.9 Å². The quantitative estimate of drug-likeness (QED) is 0.782. The number of sulfonamides is 1. The van der Waals surface area contributed by atoms with E-state index in [2.05, 4.69) is 4.98 Å². The number of aromatic nitrogens is 1. The predicted molar refractivity (Wildman–Crippen MR) is 112 cm³/mol. The van der Waals surface area contributed by atoms with Gasteiger partial charge in [-0.2, -0.15) is 4.31 Å². The predicted octanol–water partition coefficient (Wildman–Crippen LogP) is 2.05. The summed E-state index contributed by atoms with van der Waals surface area (Å²) in [5.74, 6) is -0.332. The highest BCUT2D eigenvalue weighted by molar-refractivity contribution is 7.89. The van der Waals surface area contributed by atoms with Crippen LogP contribution < -0.4 is 0 Å². The number of hydrogen-bond acceptors (Lipinski definition) is 4. The van der Waals surface area contributed by atoms with Gasteiger partial charge in [0.25, 0.3) is 5.91 Å². The van der Waals surface area contributed by atoms with Gasteiger partial charge in [0.15, 0.2) is 0 Å². The summed E-state index contributed by atoms with van der Waals surface area (Å²) in [5, 5.41) is 0. The van der Waals surface area contributed by atoms with Crippen LogP contribution in [0.3, 0.4) is 0 Å². The molecule has 3 fully saturated rings. The number of aromatic amines is 1. The second kappa shape index (κ2) is 9.09. The van der Waals surface area contributed by atoms with Crippen LogP contribution >= 0.6 is 0 Å². The van der Waals surface area contributed by atoms with E-state index in [1.165, 1.54) is 16.6 Å². The van der Waals surface area contributed by atoms with Gasteiger partial charge in [-0.05, 0) is 44.6 Å². The van der Waals surface area contributed by atoms with Crippen LogP contribution in [0.5, 0.6) is 0 Å². The summed E-state index contributed by atoms with van der Waals surface area (Å²) in [5.41, 5.74) is 0.317. The molecule has 3 saturated heterocycles. The van der Waals surface area contributed by atoms with Crippen molar-refractivity contribution in [3.05, 3.63) is 18.0 Å². The summed E-state index contributed by atoms with van der Waals surface area (Å²) >= 11 is 0. The van der Waals surface area contributed by atoms with Gasteiger partial charge in [-0.3, -0.25) is 9.59 Å². The van der Waals surface area contributed by atoms with E-state index in [4.69, 9.17) is 0 Å². The Balaban J connectivity index is 1.45. The Kier molecular flexibility index (Phi) is 6.48. The zero-order valence-corrected chi connectivity index (χ0v) is 18.3. The van der Waals surface area contributed by atoms with E-state index >= 15 is 0 Å². The van der Waals surface area contributed by atoms with Gasteiger partial charge in [-0.25, -0.2) is 8.42 Å². The fourth-order valence-corrected chi connectivity index (χ4v) is 6.32. The second-order valence-corrected chi connectivity index (χ2v) is 10.6. The van der Waals surface area contributed by atoms with E-state index in [1.807, 2.05) is 4.90 Å². The van der Waals surface area contributed by atoms with E-state index in [0.717, 1.165) is 58.0 Å². The SMILES string of the molecule is O=C(c1cc(S(=O)(=O)N2CCC[C@@H](C(=O)N3CCCC3)C2)c[nH]1)N1CCCCCC1.